The number of hydrogen-bond acceptors (Lipinski definition) is 3. The molecule has 0 aliphatic rings. The Morgan fingerprint density at radius 3 is 2.25 bits per heavy atom. The van der Waals surface area contributed by atoms with Crippen LogP contribution >= 0.6 is 0 Å². The molecule has 1 aromatic carbocycles. The summed E-state index contributed by atoms with van der Waals surface area (Å²) in [6.07, 6.45) is 0. The number of nitrogens with one attached hydrogen (secondary N) is 1. The second-order valence-corrected chi connectivity index (χ2v) is 7.65. The topological polar surface area (TPSA) is 55.4 Å². The largest absolute Gasteiger partial charge is 0.384 e. The quantitative estimate of drug-likeness (QED) is 0.878. The van der Waals surface area contributed by atoms with Gasteiger partial charge in [-0.3, -0.25) is 0 Å². The Kier molecular flexibility index (Phi) is 5.68. The van der Waals surface area contributed by atoms with Crippen LogP contribution in [0.4, 0.5) is 4.39 Å². The molecule has 0 fully saturated rings. The van der Waals surface area contributed by atoms with E-state index >= 15 is 0 Å². The van der Waals surface area contributed by atoms with E-state index in [1.165, 1.54) is 19.2 Å². The Morgan fingerprint density at radius 1 is 1.25 bits per heavy atom. The fourth-order valence-electron chi connectivity index (χ4n) is 1.83. The van der Waals surface area contributed by atoms with E-state index in [2.05, 4.69) is 4.72 Å². The van der Waals surface area contributed by atoms with Crippen LogP contribution in [0.2, 0.25) is 0 Å². The number of halogens is 1. The second-order valence-electron chi connectivity index (χ2n) is 5.78. The monoisotopic (exact) mass is 303 g/mol. The summed E-state index contributed by atoms with van der Waals surface area (Å²) in [5.41, 5.74) is 0.401. The summed E-state index contributed by atoms with van der Waals surface area (Å²) in [5, 5.41) is 0. The van der Waals surface area contributed by atoms with Crippen molar-refractivity contribution in [2.45, 2.75) is 26.8 Å². The van der Waals surface area contributed by atoms with Gasteiger partial charge in [-0.25, -0.2) is 17.5 Å². The van der Waals surface area contributed by atoms with E-state index in [0.717, 1.165) is 5.56 Å². The molecular formula is C14H22FNO3S. The van der Waals surface area contributed by atoms with Gasteiger partial charge < -0.3 is 4.74 Å². The second kappa shape index (κ2) is 6.65. The summed E-state index contributed by atoms with van der Waals surface area (Å²) in [4.78, 5) is 0. The lowest BCUT2D eigenvalue weighted by Gasteiger charge is -2.31. The van der Waals surface area contributed by atoms with Gasteiger partial charge in [0.2, 0.25) is 10.0 Å². The van der Waals surface area contributed by atoms with E-state index in [-0.39, 0.29) is 23.6 Å². The summed E-state index contributed by atoms with van der Waals surface area (Å²) >= 11 is 0. The Labute approximate surface area is 120 Å². The minimum Gasteiger partial charge on any atom is -0.384 e. The van der Waals surface area contributed by atoms with Gasteiger partial charge in [0.25, 0.3) is 0 Å². The molecule has 4 nitrogen and oxygen atoms in total. The summed E-state index contributed by atoms with van der Waals surface area (Å²) in [7, 11) is -2.00. The van der Waals surface area contributed by atoms with Crippen LogP contribution in [-0.4, -0.2) is 27.9 Å². The Bertz CT molecular complexity index is 520. The highest BCUT2D eigenvalue weighted by atomic mass is 32.2. The van der Waals surface area contributed by atoms with Crippen molar-refractivity contribution < 1.29 is 17.5 Å². The Morgan fingerprint density at radius 2 is 1.80 bits per heavy atom. The predicted molar refractivity (Wildman–Crippen MR) is 77.4 cm³/mol. The smallest absolute Gasteiger partial charge is 0.214 e. The lowest BCUT2D eigenvalue weighted by molar-refractivity contribution is 0.216. The van der Waals surface area contributed by atoms with Gasteiger partial charge in [-0.1, -0.05) is 32.9 Å². The number of rotatable bonds is 6. The zero-order chi connectivity index (χ0) is 15.4. The highest BCUT2D eigenvalue weighted by molar-refractivity contribution is 7.89. The number of benzene rings is 1. The van der Waals surface area contributed by atoms with E-state index in [1.54, 1.807) is 12.1 Å². The molecule has 6 heteroatoms. The lowest BCUT2D eigenvalue weighted by Crippen LogP contribution is -2.38. The fraction of sp³-hybridized carbons (Fsp3) is 0.571. The average molecular weight is 303 g/mol. The van der Waals surface area contributed by atoms with Gasteiger partial charge in [0.15, 0.2) is 0 Å². The molecule has 0 aliphatic heterocycles. The van der Waals surface area contributed by atoms with Crippen molar-refractivity contribution in [3.8, 4) is 0 Å². The molecule has 0 saturated carbocycles. The Hall–Kier alpha value is -0.980. The number of sulfonamides is 1. The summed E-state index contributed by atoms with van der Waals surface area (Å²) in [5.74, 6) is -0.444. The highest BCUT2D eigenvalue weighted by Crippen LogP contribution is 2.33. The third-order valence-electron chi connectivity index (χ3n) is 2.92. The average Bonchev–Trinajstić information content (AvgIpc) is 2.34. The molecule has 0 heterocycles. The van der Waals surface area contributed by atoms with Crippen molar-refractivity contribution in [3.05, 3.63) is 35.6 Å². The minimum absolute atomic E-state index is 0.0999. The van der Waals surface area contributed by atoms with Crippen LogP contribution in [0.15, 0.2) is 24.3 Å². The number of hydrogen-bond donors (Lipinski definition) is 1. The number of methoxy groups -OCH3 is 1. The summed E-state index contributed by atoms with van der Waals surface area (Å²) in [6, 6.07) is 5.44. The van der Waals surface area contributed by atoms with E-state index in [9.17, 15) is 12.8 Å². The molecule has 0 aromatic heterocycles. The van der Waals surface area contributed by atoms with Gasteiger partial charge in [0, 0.05) is 7.11 Å². The van der Waals surface area contributed by atoms with Crippen molar-refractivity contribution in [1.82, 2.24) is 4.72 Å². The molecule has 1 aromatic rings. The third-order valence-corrected chi connectivity index (χ3v) is 4.22. The first kappa shape index (κ1) is 17.1. The van der Waals surface area contributed by atoms with Crippen molar-refractivity contribution in [2.75, 3.05) is 19.5 Å². The van der Waals surface area contributed by atoms with E-state index in [0.29, 0.717) is 0 Å². The zero-order valence-corrected chi connectivity index (χ0v) is 13.1. The normalized spacial score (nSPS) is 14.2. The molecule has 0 radical (unpaired) electrons. The summed E-state index contributed by atoms with van der Waals surface area (Å²) in [6.45, 7) is 5.93. The Balaban J connectivity index is 3.00. The molecule has 0 bridgehead atoms. The third kappa shape index (κ3) is 5.19. The summed E-state index contributed by atoms with van der Waals surface area (Å²) < 4.78 is 44.5. The van der Waals surface area contributed by atoms with Crippen molar-refractivity contribution in [1.29, 1.82) is 0 Å². The van der Waals surface area contributed by atoms with Gasteiger partial charge in [-0.15, -0.1) is 0 Å². The molecule has 1 atom stereocenters. The maximum atomic E-state index is 13.0. The maximum absolute atomic E-state index is 13.0. The van der Waals surface area contributed by atoms with Gasteiger partial charge in [-0.05, 0) is 23.1 Å². The molecule has 1 N–H and O–H groups in total. The van der Waals surface area contributed by atoms with Crippen LogP contribution in [0.3, 0.4) is 0 Å². The first-order valence-electron chi connectivity index (χ1n) is 6.40. The first-order chi connectivity index (χ1) is 9.15. The van der Waals surface area contributed by atoms with Crippen molar-refractivity contribution in [2.24, 2.45) is 5.41 Å². The standard InChI is InChI=1S/C14H22FNO3S/c1-14(2,3)13(11-5-7-12(15)8-6-11)16-20(17,18)10-9-19-4/h5-8,13,16H,9-10H2,1-4H3. The fourth-order valence-corrected chi connectivity index (χ4v) is 3.18. The predicted octanol–water partition coefficient (Wildman–Crippen LogP) is 2.48. The molecule has 0 aliphatic carbocycles. The van der Waals surface area contributed by atoms with Crippen LogP contribution in [0.1, 0.15) is 32.4 Å². The van der Waals surface area contributed by atoms with Crippen LogP contribution < -0.4 is 4.72 Å². The van der Waals surface area contributed by atoms with Gasteiger partial charge >= 0.3 is 0 Å². The zero-order valence-electron chi connectivity index (χ0n) is 12.3. The van der Waals surface area contributed by atoms with E-state index in [1.807, 2.05) is 20.8 Å². The van der Waals surface area contributed by atoms with Crippen LogP contribution in [0, 0.1) is 11.2 Å². The van der Waals surface area contributed by atoms with Crippen LogP contribution in [-0.2, 0) is 14.8 Å². The van der Waals surface area contributed by atoms with E-state index < -0.39 is 16.1 Å². The van der Waals surface area contributed by atoms with Crippen LogP contribution in [0.5, 0.6) is 0 Å². The maximum Gasteiger partial charge on any atom is 0.214 e. The molecule has 0 saturated heterocycles. The van der Waals surface area contributed by atoms with Gasteiger partial charge in [0.1, 0.15) is 5.82 Å². The first-order valence-corrected chi connectivity index (χ1v) is 8.05. The number of ether oxygens (including phenoxy) is 1. The minimum atomic E-state index is -3.45. The van der Waals surface area contributed by atoms with Crippen molar-refractivity contribution in [3.63, 3.8) is 0 Å². The van der Waals surface area contributed by atoms with E-state index in [4.69, 9.17) is 4.74 Å². The molecular weight excluding hydrogens is 281 g/mol. The molecule has 114 valence electrons. The molecule has 0 spiro atoms. The lowest BCUT2D eigenvalue weighted by atomic mass is 9.83. The SMILES string of the molecule is COCCS(=O)(=O)NC(c1ccc(F)cc1)C(C)(C)C. The van der Waals surface area contributed by atoms with Crippen LogP contribution in [0.25, 0.3) is 0 Å². The molecule has 20 heavy (non-hydrogen) atoms. The molecule has 1 unspecified atom stereocenters. The molecule has 0 amide bonds. The highest BCUT2D eigenvalue weighted by Gasteiger charge is 2.30. The van der Waals surface area contributed by atoms with Crippen molar-refractivity contribution >= 4 is 10.0 Å². The molecule has 1 rings (SSSR count). The van der Waals surface area contributed by atoms with Gasteiger partial charge in [-0.2, -0.15) is 0 Å². The van der Waals surface area contributed by atoms with Gasteiger partial charge in [0.05, 0.1) is 18.4 Å².